The second-order valence-electron chi connectivity index (χ2n) is 5.49. The molecule has 0 aliphatic heterocycles. The molecular formula is C18H16ClN5O. The summed E-state index contributed by atoms with van der Waals surface area (Å²) in [4.78, 5) is 25.1. The lowest BCUT2D eigenvalue weighted by Crippen LogP contribution is -2.13. The normalized spacial score (nSPS) is 10.4. The molecule has 1 aromatic carbocycles. The molecule has 3 aromatic rings. The number of nitrogens with one attached hydrogen (secondary N) is 2. The Labute approximate surface area is 150 Å². The molecule has 0 spiro atoms. The summed E-state index contributed by atoms with van der Waals surface area (Å²) in [5.74, 6) is 0.611. The molecule has 0 saturated carbocycles. The van der Waals surface area contributed by atoms with Gasteiger partial charge in [-0.1, -0.05) is 17.7 Å². The third-order valence-electron chi connectivity index (χ3n) is 3.33. The van der Waals surface area contributed by atoms with E-state index in [0.29, 0.717) is 22.4 Å². The fourth-order valence-corrected chi connectivity index (χ4v) is 2.47. The number of hydrogen-bond donors (Lipinski definition) is 2. The molecule has 126 valence electrons. The largest absolute Gasteiger partial charge is 0.324 e. The minimum atomic E-state index is -0.278. The fourth-order valence-electron chi connectivity index (χ4n) is 2.31. The monoisotopic (exact) mass is 353 g/mol. The first-order valence-corrected chi connectivity index (χ1v) is 8.00. The quantitative estimate of drug-likeness (QED) is 0.737. The minimum absolute atomic E-state index is 0.278. The van der Waals surface area contributed by atoms with Crippen molar-refractivity contribution in [2.45, 2.75) is 13.8 Å². The van der Waals surface area contributed by atoms with Crippen molar-refractivity contribution in [2.75, 3.05) is 10.6 Å². The van der Waals surface area contributed by atoms with Gasteiger partial charge in [-0.3, -0.25) is 4.79 Å². The van der Waals surface area contributed by atoms with Gasteiger partial charge in [-0.2, -0.15) is 0 Å². The molecule has 0 bridgehead atoms. The van der Waals surface area contributed by atoms with E-state index in [1.54, 1.807) is 30.3 Å². The number of rotatable bonds is 4. The molecule has 2 N–H and O–H groups in total. The molecule has 0 radical (unpaired) electrons. The van der Waals surface area contributed by atoms with Crippen LogP contribution in [0.25, 0.3) is 0 Å². The third kappa shape index (κ3) is 4.51. The van der Waals surface area contributed by atoms with E-state index in [9.17, 15) is 4.79 Å². The van der Waals surface area contributed by atoms with E-state index in [1.807, 2.05) is 26.0 Å². The van der Waals surface area contributed by atoms with Crippen molar-refractivity contribution in [1.29, 1.82) is 0 Å². The molecule has 0 aliphatic carbocycles. The molecule has 0 atom stereocenters. The summed E-state index contributed by atoms with van der Waals surface area (Å²) in [5, 5.41) is 6.34. The van der Waals surface area contributed by atoms with Crippen LogP contribution < -0.4 is 10.6 Å². The first-order chi connectivity index (χ1) is 12.0. The fraction of sp³-hybridized carbons (Fsp3) is 0.111. The summed E-state index contributed by atoms with van der Waals surface area (Å²) in [7, 11) is 0. The second-order valence-corrected chi connectivity index (χ2v) is 5.93. The highest BCUT2D eigenvalue weighted by atomic mass is 35.5. The lowest BCUT2D eigenvalue weighted by atomic mass is 10.2. The van der Waals surface area contributed by atoms with Crippen molar-refractivity contribution in [2.24, 2.45) is 0 Å². The molecule has 3 rings (SSSR count). The van der Waals surface area contributed by atoms with E-state index in [2.05, 4.69) is 25.6 Å². The Morgan fingerprint density at radius 2 is 1.80 bits per heavy atom. The van der Waals surface area contributed by atoms with E-state index in [0.717, 1.165) is 17.1 Å². The van der Waals surface area contributed by atoms with Crippen LogP contribution in [0.1, 0.15) is 21.7 Å². The molecule has 1 amide bonds. The SMILES string of the molecule is Cc1cc(C)nc(Nc2cccc(C(=O)Nc3cc(Cl)ccn3)c2)n1. The average molecular weight is 354 g/mol. The van der Waals surface area contributed by atoms with Gasteiger partial charge in [0.2, 0.25) is 5.95 Å². The molecule has 7 heteroatoms. The Bertz CT molecular complexity index is 909. The molecule has 6 nitrogen and oxygen atoms in total. The zero-order valence-electron chi connectivity index (χ0n) is 13.7. The molecule has 0 saturated heterocycles. The number of anilines is 3. The smallest absolute Gasteiger partial charge is 0.256 e. The van der Waals surface area contributed by atoms with E-state index in [4.69, 9.17) is 11.6 Å². The van der Waals surface area contributed by atoms with Crippen LogP contribution in [0.4, 0.5) is 17.5 Å². The third-order valence-corrected chi connectivity index (χ3v) is 3.56. The lowest BCUT2D eigenvalue weighted by molar-refractivity contribution is 0.102. The van der Waals surface area contributed by atoms with Gasteiger partial charge in [0.25, 0.3) is 5.91 Å². The van der Waals surface area contributed by atoms with Crippen molar-refractivity contribution >= 4 is 35.0 Å². The number of aromatic nitrogens is 3. The highest BCUT2D eigenvalue weighted by molar-refractivity contribution is 6.30. The first-order valence-electron chi connectivity index (χ1n) is 7.62. The molecule has 2 heterocycles. The van der Waals surface area contributed by atoms with Crippen molar-refractivity contribution < 1.29 is 4.79 Å². The predicted octanol–water partition coefficient (Wildman–Crippen LogP) is 4.14. The van der Waals surface area contributed by atoms with Crippen molar-refractivity contribution in [3.63, 3.8) is 0 Å². The van der Waals surface area contributed by atoms with Crippen LogP contribution in [0.15, 0.2) is 48.7 Å². The maximum atomic E-state index is 12.4. The Morgan fingerprint density at radius 1 is 1.04 bits per heavy atom. The van der Waals surface area contributed by atoms with Gasteiger partial charge in [0, 0.05) is 33.9 Å². The first kappa shape index (κ1) is 16.9. The van der Waals surface area contributed by atoms with Gasteiger partial charge < -0.3 is 10.6 Å². The summed E-state index contributed by atoms with van der Waals surface area (Å²) in [6, 6.07) is 12.2. The van der Waals surface area contributed by atoms with Crippen LogP contribution in [0.5, 0.6) is 0 Å². The van der Waals surface area contributed by atoms with Crippen LogP contribution in [0, 0.1) is 13.8 Å². The van der Waals surface area contributed by atoms with Crippen LogP contribution in [-0.2, 0) is 0 Å². The minimum Gasteiger partial charge on any atom is -0.324 e. The van der Waals surface area contributed by atoms with Crippen molar-refractivity contribution in [3.05, 3.63) is 70.6 Å². The zero-order chi connectivity index (χ0) is 17.8. The van der Waals surface area contributed by atoms with E-state index >= 15 is 0 Å². The number of nitrogens with zero attached hydrogens (tertiary/aromatic N) is 3. The number of carbonyl (C=O) groups is 1. The molecular weight excluding hydrogens is 338 g/mol. The molecule has 0 unspecified atom stereocenters. The number of amides is 1. The van der Waals surface area contributed by atoms with Gasteiger partial charge in [-0.15, -0.1) is 0 Å². The second kappa shape index (κ2) is 7.27. The summed E-state index contributed by atoms with van der Waals surface area (Å²) < 4.78 is 0. The Morgan fingerprint density at radius 3 is 2.52 bits per heavy atom. The maximum Gasteiger partial charge on any atom is 0.256 e. The maximum absolute atomic E-state index is 12.4. The summed E-state index contributed by atoms with van der Waals surface area (Å²) in [5.41, 5.74) is 2.94. The summed E-state index contributed by atoms with van der Waals surface area (Å²) in [6.45, 7) is 3.81. The van der Waals surface area contributed by atoms with Gasteiger partial charge >= 0.3 is 0 Å². The topological polar surface area (TPSA) is 79.8 Å². The van der Waals surface area contributed by atoms with Crippen LogP contribution in [0.2, 0.25) is 5.02 Å². The van der Waals surface area contributed by atoms with Crippen molar-refractivity contribution in [1.82, 2.24) is 15.0 Å². The molecule has 0 aliphatic rings. The number of halogens is 1. The van der Waals surface area contributed by atoms with E-state index < -0.39 is 0 Å². The predicted molar refractivity (Wildman–Crippen MR) is 98.4 cm³/mol. The zero-order valence-corrected chi connectivity index (χ0v) is 14.5. The molecule has 0 fully saturated rings. The van der Waals surface area contributed by atoms with Gasteiger partial charge in [-0.05, 0) is 50.2 Å². The highest BCUT2D eigenvalue weighted by Crippen LogP contribution is 2.17. The number of benzene rings is 1. The number of hydrogen-bond acceptors (Lipinski definition) is 5. The molecule has 2 aromatic heterocycles. The summed E-state index contributed by atoms with van der Waals surface area (Å²) in [6.07, 6.45) is 1.54. The Balaban J connectivity index is 1.77. The van der Waals surface area contributed by atoms with Crippen molar-refractivity contribution in [3.8, 4) is 0 Å². The lowest BCUT2D eigenvalue weighted by Gasteiger charge is -2.09. The Hall–Kier alpha value is -2.99. The van der Waals surface area contributed by atoms with Gasteiger partial charge in [-0.25, -0.2) is 15.0 Å². The van der Waals surface area contributed by atoms with Crippen LogP contribution >= 0.6 is 11.6 Å². The number of carbonyl (C=O) groups excluding carboxylic acids is 1. The average Bonchev–Trinajstić information content (AvgIpc) is 2.54. The number of pyridine rings is 1. The van der Waals surface area contributed by atoms with Gasteiger partial charge in [0.15, 0.2) is 0 Å². The highest BCUT2D eigenvalue weighted by Gasteiger charge is 2.09. The standard InChI is InChI=1S/C18H16ClN5O/c1-11-8-12(2)22-18(21-11)23-15-5-3-4-13(9-15)17(25)24-16-10-14(19)6-7-20-16/h3-10H,1-2H3,(H,20,24,25)(H,21,22,23). The van der Waals surface area contributed by atoms with Crippen LogP contribution in [0.3, 0.4) is 0 Å². The van der Waals surface area contributed by atoms with Gasteiger partial charge in [0.05, 0.1) is 0 Å². The van der Waals surface area contributed by atoms with Crippen LogP contribution in [-0.4, -0.2) is 20.9 Å². The van der Waals surface area contributed by atoms with E-state index in [1.165, 1.54) is 6.20 Å². The summed E-state index contributed by atoms with van der Waals surface area (Å²) >= 11 is 5.90. The van der Waals surface area contributed by atoms with Gasteiger partial charge in [0.1, 0.15) is 5.82 Å². The van der Waals surface area contributed by atoms with E-state index in [-0.39, 0.29) is 5.91 Å². The Kier molecular flexibility index (Phi) is 4.90. The molecule has 25 heavy (non-hydrogen) atoms. The number of aryl methyl sites for hydroxylation is 2.